The van der Waals surface area contributed by atoms with Crippen LogP contribution >= 0.6 is 0 Å². The summed E-state index contributed by atoms with van der Waals surface area (Å²) in [6.07, 6.45) is 0. The maximum Gasteiger partial charge on any atom is 0.264 e. The van der Waals surface area contributed by atoms with Crippen LogP contribution in [0, 0.1) is 12.7 Å². The van der Waals surface area contributed by atoms with Gasteiger partial charge < -0.3 is 19.7 Å². The van der Waals surface area contributed by atoms with Crippen molar-refractivity contribution in [3.63, 3.8) is 0 Å². The Morgan fingerprint density at radius 3 is 2.07 bits per heavy atom. The predicted octanol–water partition coefficient (Wildman–Crippen LogP) is 4.68. The number of hydrogen-bond acceptors (Lipinski definition) is 6. The highest BCUT2D eigenvalue weighted by molar-refractivity contribution is 7.92. The molecule has 0 aromatic heterocycles. The summed E-state index contributed by atoms with van der Waals surface area (Å²) in [5.74, 6) is -0.851. The number of carbonyl (C=O) groups is 2. The molecule has 3 rings (SSSR count). The maximum absolute atomic E-state index is 14.0. The minimum Gasteiger partial charge on any atom is -0.493 e. The molecule has 0 bridgehead atoms. The number of aryl methyl sites for hydroxylation is 1. The number of nitrogens with one attached hydrogen (secondary N) is 1. The molecule has 0 unspecified atom stereocenters. The summed E-state index contributed by atoms with van der Waals surface area (Å²) in [4.78, 5) is 28.5. The number of methoxy groups -OCH3 is 2. The average molecular weight is 600 g/mol. The van der Waals surface area contributed by atoms with Gasteiger partial charge in [0.1, 0.15) is 18.4 Å². The second-order valence-electron chi connectivity index (χ2n) is 10.9. The SMILES string of the molecule is COc1ccc(N(CC(=O)N(Cc2ccc(F)cc2)[C@H](C)C(=O)NC(C)(C)C)S(=O)(=O)c2ccc(C)cc2)cc1OC. The summed E-state index contributed by atoms with van der Waals surface area (Å²) < 4.78 is 53.3. The van der Waals surface area contributed by atoms with E-state index in [-0.39, 0.29) is 22.9 Å². The van der Waals surface area contributed by atoms with E-state index in [0.29, 0.717) is 11.3 Å². The number of amides is 2. The molecule has 2 amide bonds. The normalized spacial score (nSPS) is 12.3. The quantitative estimate of drug-likeness (QED) is 0.343. The maximum atomic E-state index is 14.0. The van der Waals surface area contributed by atoms with Crippen LogP contribution < -0.4 is 19.1 Å². The fraction of sp³-hybridized carbons (Fsp3) is 0.355. The molecule has 0 fully saturated rings. The molecule has 9 nitrogen and oxygen atoms in total. The van der Waals surface area contributed by atoms with E-state index < -0.39 is 45.8 Å². The molecule has 0 saturated heterocycles. The lowest BCUT2D eigenvalue weighted by molar-refractivity contribution is -0.140. The van der Waals surface area contributed by atoms with Crippen LogP contribution in [-0.2, 0) is 26.2 Å². The molecular weight excluding hydrogens is 561 g/mol. The van der Waals surface area contributed by atoms with Crippen LogP contribution in [0.1, 0.15) is 38.8 Å². The molecule has 226 valence electrons. The molecule has 0 radical (unpaired) electrons. The van der Waals surface area contributed by atoms with Crippen LogP contribution in [-0.4, -0.2) is 57.5 Å². The fourth-order valence-electron chi connectivity index (χ4n) is 4.19. The molecule has 0 heterocycles. The highest BCUT2D eigenvalue weighted by Crippen LogP contribution is 2.34. The Kier molecular flexibility index (Phi) is 10.2. The molecular formula is C31H38FN3O6S. The lowest BCUT2D eigenvalue weighted by Crippen LogP contribution is -2.54. The second-order valence-corrected chi connectivity index (χ2v) is 12.8. The zero-order valence-corrected chi connectivity index (χ0v) is 25.8. The summed E-state index contributed by atoms with van der Waals surface area (Å²) in [5.41, 5.74) is 1.03. The molecule has 42 heavy (non-hydrogen) atoms. The fourth-order valence-corrected chi connectivity index (χ4v) is 5.60. The lowest BCUT2D eigenvalue weighted by atomic mass is 10.1. The first-order valence-electron chi connectivity index (χ1n) is 13.3. The van der Waals surface area contributed by atoms with Gasteiger partial charge in [0.25, 0.3) is 10.0 Å². The first-order valence-corrected chi connectivity index (χ1v) is 14.8. The monoisotopic (exact) mass is 599 g/mol. The Morgan fingerprint density at radius 1 is 0.929 bits per heavy atom. The van der Waals surface area contributed by atoms with Gasteiger partial charge in [-0.05, 0) is 76.6 Å². The van der Waals surface area contributed by atoms with Gasteiger partial charge in [0.15, 0.2) is 11.5 Å². The molecule has 0 saturated carbocycles. The third-order valence-corrected chi connectivity index (χ3v) is 8.26. The van der Waals surface area contributed by atoms with Crippen LogP contribution in [0.25, 0.3) is 0 Å². The number of rotatable bonds is 11. The van der Waals surface area contributed by atoms with E-state index in [1.165, 1.54) is 67.7 Å². The zero-order valence-electron chi connectivity index (χ0n) is 25.0. The molecule has 0 spiro atoms. The lowest BCUT2D eigenvalue weighted by Gasteiger charge is -2.33. The van der Waals surface area contributed by atoms with Crippen molar-refractivity contribution in [1.29, 1.82) is 0 Å². The minimum absolute atomic E-state index is 0.0145. The molecule has 11 heteroatoms. The number of nitrogens with zero attached hydrogens (tertiary/aromatic N) is 2. The summed E-state index contributed by atoms with van der Waals surface area (Å²) in [7, 11) is -1.38. The van der Waals surface area contributed by atoms with Crippen molar-refractivity contribution < 1.29 is 31.9 Å². The van der Waals surface area contributed by atoms with Crippen molar-refractivity contribution in [2.45, 2.75) is 57.6 Å². The summed E-state index contributed by atoms with van der Waals surface area (Å²) >= 11 is 0. The third kappa shape index (κ3) is 8.00. The van der Waals surface area contributed by atoms with E-state index in [1.807, 2.05) is 27.7 Å². The van der Waals surface area contributed by atoms with Gasteiger partial charge in [-0.15, -0.1) is 0 Å². The van der Waals surface area contributed by atoms with Crippen LogP contribution in [0.4, 0.5) is 10.1 Å². The highest BCUT2D eigenvalue weighted by atomic mass is 32.2. The van der Waals surface area contributed by atoms with Gasteiger partial charge in [0.2, 0.25) is 11.8 Å². The number of hydrogen-bond donors (Lipinski definition) is 1. The number of benzene rings is 3. The van der Waals surface area contributed by atoms with E-state index in [0.717, 1.165) is 9.87 Å². The van der Waals surface area contributed by atoms with Crippen molar-refractivity contribution in [2.24, 2.45) is 0 Å². The molecule has 3 aromatic carbocycles. The van der Waals surface area contributed by atoms with Crippen molar-refractivity contribution in [1.82, 2.24) is 10.2 Å². The number of ether oxygens (including phenoxy) is 2. The standard InChI is InChI=1S/C31H38FN3O6S/c1-21-8-15-26(16-9-21)42(38,39)35(25-14-17-27(40-6)28(18-25)41-7)20-29(36)34(19-23-10-12-24(32)13-11-23)22(2)30(37)33-31(3,4)5/h8-18,22H,19-20H2,1-7H3,(H,33,37)/t22-/m1/s1. The Hall–Kier alpha value is -4.12. The number of anilines is 1. The van der Waals surface area contributed by atoms with Gasteiger partial charge in [-0.2, -0.15) is 0 Å². The number of halogens is 1. The van der Waals surface area contributed by atoms with Gasteiger partial charge in [-0.1, -0.05) is 29.8 Å². The number of sulfonamides is 1. The smallest absolute Gasteiger partial charge is 0.264 e. The van der Waals surface area contributed by atoms with Crippen molar-refractivity contribution in [3.05, 3.63) is 83.7 Å². The Morgan fingerprint density at radius 2 is 1.52 bits per heavy atom. The van der Waals surface area contributed by atoms with E-state index >= 15 is 0 Å². The van der Waals surface area contributed by atoms with Crippen LogP contribution in [0.2, 0.25) is 0 Å². The minimum atomic E-state index is -4.26. The molecule has 1 N–H and O–H groups in total. The summed E-state index contributed by atoms with van der Waals surface area (Å²) in [5, 5.41) is 2.87. The summed E-state index contributed by atoms with van der Waals surface area (Å²) in [6, 6.07) is 15.4. The largest absolute Gasteiger partial charge is 0.493 e. The van der Waals surface area contributed by atoms with Crippen molar-refractivity contribution in [2.75, 3.05) is 25.1 Å². The van der Waals surface area contributed by atoms with Gasteiger partial charge in [-0.25, -0.2) is 12.8 Å². The first-order chi connectivity index (χ1) is 19.7. The Bertz CT molecular complexity index is 1500. The van der Waals surface area contributed by atoms with Crippen molar-refractivity contribution in [3.8, 4) is 11.5 Å². The molecule has 0 aliphatic heterocycles. The third-order valence-electron chi connectivity index (χ3n) is 6.47. The van der Waals surface area contributed by atoms with Gasteiger partial charge in [0.05, 0.1) is 24.8 Å². The van der Waals surface area contributed by atoms with Crippen LogP contribution in [0.3, 0.4) is 0 Å². The van der Waals surface area contributed by atoms with E-state index in [9.17, 15) is 22.4 Å². The zero-order chi connectivity index (χ0) is 31.2. The molecule has 1 atom stereocenters. The summed E-state index contributed by atoms with van der Waals surface area (Å²) in [6.45, 7) is 8.17. The topological polar surface area (TPSA) is 105 Å². The highest BCUT2D eigenvalue weighted by Gasteiger charge is 2.33. The Labute approximate surface area is 247 Å². The Balaban J connectivity index is 2.09. The average Bonchev–Trinajstić information content (AvgIpc) is 2.94. The van der Waals surface area contributed by atoms with Crippen LogP contribution in [0.5, 0.6) is 11.5 Å². The van der Waals surface area contributed by atoms with E-state index in [1.54, 1.807) is 25.1 Å². The van der Waals surface area contributed by atoms with Gasteiger partial charge in [0, 0.05) is 18.2 Å². The van der Waals surface area contributed by atoms with Gasteiger partial charge in [-0.3, -0.25) is 13.9 Å². The van der Waals surface area contributed by atoms with Crippen LogP contribution in [0.15, 0.2) is 71.6 Å². The first kappa shape index (κ1) is 32.4. The van der Waals surface area contributed by atoms with E-state index in [2.05, 4.69) is 5.32 Å². The number of carbonyl (C=O) groups excluding carboxylic acids is 2. The predicted molar refractivity (Wildman–Crippen MR) is 160 cm³/mol. The van der Waals surface area contributed by atoms with Crippen molar-refractivity contribution >= 4 is 27.5 Å². The van der Waals surface area contributed by atoms with E-state index in [4.69, 9.17) is 9.47 Å². The molecule has 0 aliphatic rings. The molecule has 0 aliphatic carbocycles. The van der Waals surface area contributed by atoms with Gasteiger partial charge >= 0.3 is 0 Å². The second kappa shape index (κ2) is 13.2. The molecule has 3 aromatic rings.